The van der Waals surface area contributed by atoms with E-state index in [0.29, 0.717) is 19.6 Å². The Bertz CT molecular complexity index is 193. The number of hydrogen-bond acceptors (Lipinski definition) is 5. The predicted octanol–water partition coefficient (Wildman–Crippen LogP) is -2.38. The van der Waals surface area contributed by atoms with Crippen LogP contribution in [-0.2, 0) is 29.2 Å². The van der Waals surface area contributed by atoms with Crippen LogP contribution in [0.15, 0.2) is 0 Å². The van der Waals surface area contributed by atoms with E-state index in [1.165, 1.54) is 0 Å². The van der Waals surface area contributed by atoms with Gasteiger partial charge in [0.1, 0.15) is 0 Å². The van der Waals surface area contributed by atoms with Crippen LogP contribution in [0.2, 0.25) is 0 Å². The van der Waals surface area contributed by atoms with E-state index in [9.17, 15) is 8.76 Å². The summed E-state index contributed by atoms with van der Waals surface area (Å²) in [7, 11) is -3.69. The second-order valence-electron chi connectivity index (χ2n) is 2.20. The molecule has 0 aliphatic heterocycles. The molecule has 0 amide bonds. The van der Waals surface area contributed by atoms with Gasteiger partial charge in [-0.15, -0.1) is 0 Å². The van der Waals surface area contributed by atoms with Crippen molar-refractivity contribution >= 4 is 20.2 Å². The second kappa shape index (κ2) is 9.79. The van der Waals surface area contributed by atoms with Crippen molar-refractivity contribution in [1.82, 2.24) is 0 Å². The molecule has 0 aromatic rings. The molecule has 0 aliphatic carbocycles. The molecule has 0 aromatic heterocycles. The topological polar surface area (TPSA) is 58.6 Å². The van der Waals surface area contributed by atoms with Crippen LogP contribution in [0.1, 0.15) is 19.8 Å². The number of hydrogen-bond donors (Lipinski definition) is 0. The first kappa shape index (κ1) is 16.7. The molecule has 0 rings (SSSR count). The first-order chi connectivity index (χ1) is 5.56. The van der Waals surface area contributed by atoms with Gasteiger partial charge in [-0.05, 0) is 24.0 Å². The van der Waals surface area contributed by atoms with Crippen LogP contribution in [0.4, 0.5) is 0 Å². The zero-order valence-corrected chi connectivity index (χ0v) is 11.6. The van der Waals surface area contributed by atoms with Crippen molar-refractivity contribution in [1.29, 1.82) is 0 Å². The SMILES string of the molecule is CCCOCCCOS(=O)([O-])=S.[Na+]. The summed E-state index contributed by atoms with van der Waals surface area (Å²) in [5, 5.41) is 0. The molecule has 0 fully saturated rings. The molecule has 0 bridgehead atoms. The summed E-state index contributed by atoms with van der Waals surface area (Å²) < 4.78 is 29.9. The third-order valence-electron chi connectivity index (χ3n) is 1.01. The fraction of sp³-hybridized carbons (Fsp3) is 1.00. The van der Waals surface area contributed by atoms with Crippen LogP contribution in [0, 0.1) is 0 Å². The van der Waals surface area contributed by atoms with Crippen molar-refractivity contribution in [2.75, 3.05) is 19.8 Å². The van der Waals surface area contributed by atoms with Crippen LogP contribution in [0.5, 0.6) is 0 Å². The van der Waals surface area contributed by atoms with Crippen LogP contribution in [-0.4, -0.2) is 28.6 Å². The van der Waals surface area contributed by atoms with E-state index in [-0.39, 0.29) is 36.2 Å². The van der Waals surface area contributed by atoms with E-state index in [0.717, 1.165) is 6.42 Å². The van der Waals surface area contributed by atoms with E-state index >= 15 is 0 Å². The molecule has 0 heterocycles. The normalized spacial score (nSPS) is 14.6. The molecule has 0 saturated heterocycles. The molecule has 4 nitrogen and oxygen atoms in total. The smallest absolute Gasteiger partial charge is 0.748 e. The minimum absolute atomic E-state index is 0. The first-order valence-corrected chi connectivity index (χ1v) is 6.07. The molecule has 0 N–H and O–H groups in total. The van der Waals surface area contributed by atoms with E-state index in [2.05, 4.69) is 15.4 Å². The molecule has 0 radical (unpaired) electrons. The third kappa shape index (κ3) is 16.0. The van der Waals surface area contributed by atoms with Crippen molar-refractivity contribution in [2.24, 2.45) is 0 Å². The van der Waals surface area contributed by atoms with Gasteiger partial charge in [-0.3, -0.25) is 4.18 Å². The van der Waals surface area contributed by atoms with Gasteiger partial charge < -0.3 is 9.29 Å². The van der Waals surface area contributed by atoms with Gasteiger partial charge in [0.2, 0.25) is 0 Å². The van der Waals surface area contributed by atoms with Gasteiger partial charge in [0.25, 0.3) is 0 Å². The van der Waals surface area contributed by atoms with Crippen LogP contribution in [0.3, 0.4) is 0 Å². The van der Waals surface area contributed by atoms with E-state index in [4.69, 9.17) is 4.74 Å². The van der Waals surface area contributed by atoms with E-state index < -0.39 is 9.05 Å². The van der Waals surface area contributed by atoms with E-state index in [1.54, 1.807) is 0 Å². The summed E-state index contributed by atoms with van der Waals surface area (Å²) in [4.78, 5) is 0. The molecule has 0 saturated carbocycles. The maximum atomic E-state index is 10.3. The largest absolute Gasteiger partial charge is 1.00 e. The molecule has 1 atom stereocenters. The summed E-state index contributed by atoms with van der Waals surface area (Å²) in [6, 6.07) is 0. The monoisotopic (exact) mass is 236 g/mol. The van der Waals surface area contributed by atoms with Gasteiger partial charge in [0, 0.05) is 13.2 Å². The Labute approximate surface area is 106 Å². The maximum Gasteiger partial charge on any atom is 1.00 e. The quantitative estimate of drug-likeness (QED) is 0.365. The summed E-state index contributed by atoms with van der Waals surface area (Å²) in [5.74, 6) is 0. The number of rotatable bonds is 7. The molecular formula is C6H13NaO4S2. The van der Waals surface area contributed by atoms with Gasteiger partial charge >= 0.3 is 29.6 Å². The van der Waals surface area contributed by atoms with Crippen LogP contribution >= 0.6 is 0 Å². The molecule has 0 spiro atoms. The van der Waals surface area contributed by atoms with Gasteiger partial charge in [-0.2, -0.15) is 0 Å². The van der Waals surface area contributed by atoms with Crippen LogP contribution in [0.25, 0.3) is 0 Å². The van der Waals surface area contributed by atoms with Crippen molar-refractivity contribution in [3.05, 3.63) is 0 Å². The van der Waals surface area contributed by atoms with Gasteiger partial charge in [0.05, 0.1) is 15.7 Å². The average Bonchev–Trinajstić information content (AvgIpc) is 1.94. The molecule has 13 heavy (non-hydrogen) atoms. The average molecular weight is 236 g/mol. The van der Waals surface area contributed by atoms with Crippen LogP contribution < -0.4 is 29.6 Å². The number of ether oxygens (including phenoxy) is 1. The Hall–Kier alpha value is 1.25. The Morgan fingerprint density at radius 2 is 2.00 bits per heavy atom. The zero-order chi connectivity index (χ0) is 9.45. The van der Waals surface area contributed by atoms with Gasteiger partial charge in [-0.25, -0.2) is 4.21 Å². The van der Waals surface area contributed by atoms with Crippen molar-refractivity contribution < 1.29 is 47.2 Å². The minimum Gasteiger partial charge on any atom is -0.748 e. The summed E-state index contributed by atoms with van der Waals surface area (Å²) in [6.07, 6.45) is 1.51. The second-order valence-corrected chi connectivity index (χ2v) is 4.47. The Kier molecular flexibility index (Phi) is 12.6. The van der Waals surface area contributed by atoms with Crippen molar-refractivity contribution in [3.8, 4) is 0 Å². The zero-order valence-electron chi connectivity index (χ0n) is 7.99. The Morgan fingerprint density at radius 1 is 1.38 bits per heavy atom. The predicted molar refractivity (Wildman–Crippen MR) is 48.0 cm³/mol. The molecule has 74 valence electrons. The molecule has 0 aliphatic rings. The fourth-order valence-corrected chi connectivity index (χ4v) is 1.09. The molecule has 0 aromatic carbocycles. The minimum atomic E-state index is -3.69. The summed E-state index contributed by atoms with van der Waals surface area (Å²) in [5.41, 5.74) is 0. The first-order valence-electron chi connectivity index (χ1n) is 3.74. The summed E-state index contributed by atoms with van der Waals surface area (Å²) >= 11 is 3.99. The Balaban J connectivity index is 0. The van der Waals surface area contributed by atoms with Gasteiger partial charge in [-0.1, -0.05) is 6.92 Å². The third-order valence-corrected chi connectivity index (χ3v) is 1.75. The van der Waals surface area contributed by atoms with E-state index in [1.807, 2.05) is 6.92 Å². The van der Waals surface area contributed by atoms with Crippen molar-refractivity contribution in [2.45, 2.75) is 19.8 Å². The Morgan fingerprint density at radius 3 is 2.46 bits per heavy atom. The summed E-state index contributed by atoms with van der Waals surface area (Å²) in [6.45, 7) is 3.32. The maximum absolute atomic E-state index is 10.3. The van der Waals surface area contributed by atoms with Crippen molar-refractivity contribution in [3.63, 3.8) is 0 Å². The van der Waals surface area contributed by atoms with Gasteiger partial charge in [0.15, 0.2) is 0 Å². The fourth-order valence-electron chi connectivity index (χ4n) is 0.568. The molecular weight excluding hydrogens is 223 g/mol. The molecule has 7 heteroatoms. The molecule has 1 unspecified atom stereocenters. The standard InChI is InChI=1S/C6H14O4S2.Na/c1-2-4-9-5-3-6-10-12(7,8)11;/h2-6H2,1H3,(H,7,8,11);/q;+1/p-1.